The van der Waals surface area contributed by atoms with Crippen molar-refractivity contribution in [3.8, 4) is 0 Å². The first-order valence-electron chi connectivity index (χ1n) is 10.1. The SMILES string of the molecule is CCOC(=O)OC1=C(C)NC2=C(C(=O)OC2)C1c1ccccc1SCc1ccccc1. The lowest BCUT2D eigenvalue weighted by Crippen LogP contribution is -2.28. The van der Waals surface area contributed by atoms with Gasteiger partial charge in [0.2, 0.25) is 0 Å². The molecule has 0 aromatic heterocycles. The third-order valence-corrected chi connectivity index (χ3v) is 6.23. The lowest BCUT2D eigenvalue weighted by Gasteiger charge is -2.28. The van der Waals surface area contributed by atoms with Crippen LogP contribution in [0.25, 0.3) is 0 Å². The number of carbonyl (C=O) groups excluding carboxylic acids is 2. The first-order valence-corrected chi connectivity index (χ1v) is 11.0. The molecule has 1 unspecified atom stereocenters. The van der Waals surface area contributed by atoms with Crippen molar-refractivity contribution in [1.29, 1.82) is 0 Å². The van der Waals surface area contributed by atoms with Gasteiger partial charge in [0.05, 0.1) is 29.5 Å². The molecule has 2 heterocycles. The van der Waals surface area contributed by atoms with Crippen LogP contribution in [-0.2, 0) is 24.8 Å². The van der Waals surface area contributed by atoms with Gasteiger partial charge in [-0.25, -0.2) is 9.59 Å². The minimum atomic E-state index is -0.798. The fourth-order valence-corrected chi connectivity index (χ4v) is 4.74. The highest BCUT2D eigenvalue weighted by molar-refractivity contribution is 7.98. The second-order valence-electron chi connectivity index (χ2n) is 7.11. The maximum atomic E-state index is 12.6. The van der Waals surface area contributed by atoms with Gasteiger partial charge in [0, 0.05) is 10.6 Å². The van der Waals surface area contributed by atoms with Crippen LogP contribution in [0.15, 0.2) is 82.2 Å². The van der Waals surface area contributed by atoms with Crippen molar-refractivity contribution in [2.45, 2.75) is 30.4 Å². The third kappa shape index (κ3) is 4.46. The molecule has 2 aromatic carbocycles. The number of rotatable bonds is 6. The lowest BCUT2D eigenvalue weighted by molar-refractivity contribution is -0.136. The molecular formula is C24H23NO5S. The van der Waals surface area contributed by atoms with Crippen LogP contribution in [-0.4, -0.2) is 25.3 Å². The summed E-state index contributed by atoms with van der Waals surface area (Å²) in [6.07, 6.45) is -0.798. The predicted octanol–water partition coefficient (Wildman–Crippen LogP) is 4.88. The molecule has 0 fully saturated rings. The maximum absolute atomic E-state index is 12.6. The van der Waals surface area contributed by atoms with Crippen molar-refractivity contribution in [2.24, 2.45) is 0 Å². The highest BCUT2D eigenvalue weighted by atomic mass is 32.2. The van der Waals surface area contributed by atoms with Crippen molar-refractivity contribution in [3.05, 3.63) is 88.5 Å². The Labute approximate surface area is 185 Å². The van der Waals surface area contributed by atoms with E-state index in [1.807, 2.05) is 49.4 Å². The Hall–Kier alpha value is -3.19. The number of cyclic esters (lactones) is 1. The fourth-order valence-electron chi connectivity index (χ4n) is 3.70. The number of esters is 1. The summed E-state index contributed by atoms with van der Waals surface area (Å²) in [4.78, 5) is 25.8. The van der Waals surface area contributed by atoms with Crippen molar-refractivity contribution < 1.29 is 23.8 Å². The molecule has 0 aliphatic carbocycles. The number of allylic oxidation sites excluding steroid dienone is 2. The minimum Gasteiger partial charge on any atom is -0.456 e. The Morgan fingerprint density at radius 1 is 1.16 bits per heavy atom. The van der Waals surface area contributed by atoms with E-state index < -0.39 is 18.0 Å². The number of carbonyl (C=O) groups is 2. The molecule has 0 amide bonds. The second kappa shape index (κ2) is 9.31. The molecule has 4 rings (SSSR count). The Balaban J connectivity index is 1.72. The van der Waals surface area contributed by atoms with Gasteiger partial charge < -0.3 is 19.5 Å². The summed E-state index contributed by atoms with van der Waals surface area (Å²) in [5.74, 6) is 0.155. The molecule has 1 N–H and O–H groups in total. The van der Waals surface area contributed by atoms with E-state index in [0.717, 1.165) is 16.2 Å². The Morgan fingerprint density at radius 3 is 2.68 bits per heavy atom. The number of benzene rings is 2. The van der Waals surface area contributed by atoms with Crippen LogP contribution in [0.4, 0.5) is 4.79 Å². The number of thioether (sulfide) groups is 1. The summed E-state index contributed by atoms with van der Waals surface area (Å²) in [5, 5.41) is 3.16. The summed E-state index contributed by atoms with van der Waals surface area (Å²) < 4.78 is 15.9. The zero-order valence-electron chi connectivity index (χ0n) is 17.3. The average molecular weight is 438 g/mol. The van der Waals surface area contributed by atoms with E-state index in [4.69, 9.17) is 14.2 Å². The first kappa shape index (κ1) is 21.1. The molecule has 1 atom stereocenters. The normalized spacial score (nSPS) is 17.7. The van der Waals surface area contributed by atoms with Crippen LogP contribution in [0.5, 0.6) is 0 Å². The highest BCUT2D eigenvalue weighted by Gasteiger charge is 2.41. The molecule has 31 heavy (non-hydrogen) atoms. The van der Waals surface area contributed by atoms with Crippen molar-refractivity contribution in [1.82, 2.24) is 5.32 Å². The maximum Gasteiger partial charge on any atom is 0.513 e. The second-order valence-corrected chi connectivity index (χ2v) is 8.13. The smallest absolute Gasteiger partial charge is 0.456 e. The molecule has 160 valence electrons. The van der Waals surface area contributed by atoms with Gasteiger partial charge in [-0.2, -0.15) is 0 Å². The van der Waals surface area contributed by atoms with E-state index in [-0.39, 0.29) is 13.2 Å². The van der Waals surface area contributed by atoms with Crippen LogP contribution in [0, 0.1) is 0 Å². The molecule has 7 heteroatoms. The van der Waals surface area contributed by atoms with Gasteiger partial charge in [0.25, 0.3) is 0 Å². The standard InChI is InChI=1S/C24H23NO5S/c1-3-28-24(27)30-22-15(2)25-18-13-29-23(26)21(18)20(22)17-11-7-8-12-19(17)31-14-16-9-5-4-6-10-16/h4-12,20,25H,3,13-14H2,1-2H3. The van der Waals surface area contributed by atoms with Crippen LogP contribution in [0.1, 0.15) is 30.9 Å². The van der Waals surface area contributed by atoms with Gasteiger partial charge in [0.15, 0.2) is 0 Å². The molecule has 6 nitrogen and oxygen atoms in total. The lowest BCUT2D eigenvalue weighted by atomic mass is 9.85. The fraction of sp³-hybridized carbons (Fsp3) is 0.250. The van der Waals surface area contributed by atoms with E-state index in [1.54, 1.807) is 18.7 Å². The number of nitrogens with one attached hydrogen (secondary N) is 1. The van der Waals surface area contributed by atoms with E-state index in [9.17, 15) is 9.59 Å². The minimum absolute atomic E-state index is 0.175. The third-order valence-electron chi connectivity index (χ3n) is 5.07. The van der Waals surface area contributed by atoms with Crippen molar-refractivity contribution in [3.63, 3.8) is 0 Å². The van der Waals surface area contributed by atoms with E-state index >= 15 is 0 Å². The molecule has 2 aliphatic rings. The zero-order valence-corrected chi connectivity index (χ0v) is 18.2. The summed E-state index contributed by atoms with van der Waals surface area (Å²) in [6, 6.07) is 18.0. The summed E-state index contributed by atoms with van der Waals surface area (Å²) in [7, 11) is 0. The van der Waals surface area contributed by atoms with Crippen LogP contribution in [0.2, 0.25) is 0 Å². The van der Waals surface area contributed by atoms with Gasteiger partial charge in [-0.15, -0.1) is 11.8 Å². The molecule has 0 radical (unpaired) electrons. The quantitative estimate of drug-likeness (QED) is 0.510. The number of ether oxygens (including phenoxy) is 3. The van der Waals surface area contributed by atoms with Crippen LogP contribution < -0.4 is 5.32 Å². The van der Waals surface area contributed by atoms with Gasteiger partial charge >= 0.3 is 12.1 Å². The molecular weight excluding hydrogens is 414 g/mol. The summed E-state index contributed by atoms with van der Waals surface area (Å²) in [5.41, 5.74) is 3.90. The molecule has 0 bridgehead atoms. The average Bonchev–Trinajstić information content (AvgIpc) is 3.14. The molecule has 0 spiro atoms. The van der Waals surface area contributed by atoms with E-state index in [0.29, 0.717) is 22.7 Å². The Morgan fingerprint density at radius 2 is 1.90 bits per heavy atom. The first-order chi connectivity index (χ1) is 15.1. The molecule has 2 aromatic rings. The highest BCUT2D eigenvalue weighted by Crippen LogP contribution is 2.44. The summed E-state index contributed by atoms with van der Waals surface area (Å²) >= 11 is 1.67. The monoisotopic (exact) mass is 437 g/mol. The molecule has 0 saturated carbocycles. The molecule has 2 aliphatic heterocycles. The number of hydrogen-bond acceptors (Lipinski definition) is 7. The topological polar surface area (TPSA) is 73.9 Å². The number of dihydropyridines is 1. The van der Waals surface area contributed by atoms with Crippen molar-refractivity contribution in [2.75, 3.05) is 13.2 Å². The molecule has 0 saturated heterocycles. The predicted molar refractivity (Wildman–Crippen MR) is 117 cm³/mol. The van der Waals surface area contributed by atoms with Crippen molar-refractivity contribution >= 4 is 23.9 Å². The van der Waals surface area contributed by atoms with Crippen LogP contribution >= 0.6 is 11.8 Å². The van der Waals surface area contributed by atoms with E-state index in [2.05, 4.69) is 17.4 Å². The van der Waals surface area contributed by atoms with Gasteiger partial charge in [-0.3, -0.25) is 0 Å². The largest absolute Gasteiger partial charge is 0.513 e. The zero-order chi connectivity index (χ0) is 21.8. The van der Waals surface area contributed by atoms with Crippen LogP contribution in [0.3, 0.4) is 0 Å². The Kier molecular flexibility index (Phi) is 6.32. The van der Waals surface area contributed by atoms with Gasteiger partial charge in [-0.05, 0) is 31.0 Å². The number of hydrogen-bond donors (Lipinski definition) is 1. The van der Waals surface area contributed by atoms with E-state index in [1.165, 1.54) is 5.56 Å². The summed E-state index contributed by atoms with van der Waals surface area (Å²) in [6.45, 7) is 3.90. The Bertz CT molecular complexity index is 1060. The van der Waals surface area contributed by atoms with Gasteiger partial charge in [-0.1, -0.05) is 48.5 Å². The van der Waals surface area contributed by atoms with Gasteiger partial charge in [0.1, 0.15) is 12.4 Å².